The van der Waals surface area contributed by atoms with Gasteiger partial charge in [0.15, 0.2) is 7.98 Å². The van der Waals surface area contributed by atoms with Crippen LogP contribution in [0.3, 0.4) is 0 Å². The molecule has 1 amide bonds. The van der Waals surface area contributed by atoms with Crippen molar-refractivity contribution >= 4 is 25.5 Å². The van der Waals surface area contributed by atoms with Gasteiger partial charge >= 0.3 is 0 Å². The smallest absolute Gasteiger partial charge is 0.231 e. The fraction of sp³-hybridized carbons (Fsp3) is 0.588. The number of likely N-dealkylation sites (tertiary alicyclic amines) is 1. The van der Waals surface area contributed by atoms with E-state index in [4.69, 9.17) is 11.6 Å². The van der Waals surface area contributed by atoms with E-state index in [1.807, 2.05) is 12.1 Å². The van der Waals surface area contributed by atoms with E-state index >= 15 is 0 Å². The minimum absolute atomic E-state index is 0.185. The molecule has 1 unspecified atom stereocenters. The molecule has 1 aromatic rings. The third-order valence-electron chi connectivity index (χ3n) is 5.15. The fourth-order valence-corrected chi connectivity index (χ4v) is 4.11. The molecule has 0 N–H and O–H groups in total. The van der Waals surface area contributed by atoms with Crippen LogP contribution in [-0.2, 0) is 4.79 Å². The number of hydrogen-bond acceptors (Lipinski definition) is 2. The first-order valence-electron chi connectivity index (χ1n) is 8.19. The van der Waals surface area contributed by atoms with Gasteiger partial charge < -0.3 is 9.71 Å². The molecule has 0 saturated carbocycles. The van der Waals surface area contributed by atoms with E-state index in [9.17, 15) is 4.79 Å². The van der Waals surface area contributed by atoms with Gasteiger partial charge in [-0.2, -0.15) is 0 Å². The molecule has 0 aromatic heterocycles. The molecular weight excluding hydrogens is 294 g/mol. The van der Waals surface area contributed by atoms with Crippen molar-refractivity contribution in [1.82, 2.24) is 9.71 Å². The average molecular weight is 319 g/mol. The highest BCUT2D eigenvalue weighted by Gasteiger charge is 2.60. The molecule has 2 fully saturated rings. The molecule has 2 aliphatic rings. The molecule has 118 valence electrons. The van der Waals surface area contributed by atoms with Gasteiger partial charge in [-0.3, -0.25) is 4.79 Å². The second-order valence-electron chi connectivity index (χ2n) is 7.26. The van der Waals surface area contributed by atoms with Crippen LogP contribution in [0.1, 0.15) is 38.3 Å². The molecule has 2 heterocycles. The van der Waals surface area contributed by atoms with Crippen molar-refractivity contribution in [3.8, 4) is 0 Å². The zero-order valence-corrected chi connectivity index (χ0v) is 14.4. The summed E-state index contributed by atoms with van der Waals surface area (Å²) in [7, 11) is 2.14. The number of amides is 1. The highest BCUT2D eigenvalue weighted by molar-refractivity contribution is 6.30. The lowest BCUT2D eigenvalue weighted by Crippen LogP contribution is -2.66. The first-order chi connectivity index (χ1) is 10.4. The second-order valence-corrected chi connectivity index (χ2v) is 7.70. The largest absolute Gasteiger partial charge is 0.349 e. The van der Waals surface area contributed by atoms with Crippen LogP contribution in [0.5, 0.6) is 0 Å². The molecule has 2 saturated heterocycles. The van der Waals surface area contributed by atoms with Gasteiger partial charge in [-0.1, -0.05) is 37.6 Å². The lowest BCUT2D eigenvalue weighted by Gasteiger charge is -2.59. The number of carbonyl (C=O) groups is 1. The Balaban J connectivity index is 1.92. The Morgan fingerprint density at radius 2 is 1.86 bits per heavy atom. The molecule has 0 bridgehead atoms. The van der Waals surface area contributed by atoms with E-state index in [1.54, 1.807) is 0 Å². The molecule has 1 atom stereocenters. The van der Waals surface area contributed by atoms with Crippen molar-refractivity contribution in [2.75, 3.05) is 19.6 Å². The Morgan fingerprint density at radius 1 is 1.27 bits per heavy atom. The predicted octanol–water partition coefficient (Wildman–Crippen LogP) is 2.51. The number of piperidine rings is 1. The molecule has 1 aromatic carbocycles. The van der Waals surface area contributed by atoms with Crippen LogP contribution in [-0.4, -0.2) is 43.2 Å². The number of rotatable bonds is 3. The van der Waals surface area contributed by atoms with Crippen molar-refractivity contribution in [2.45, 2.75) is 32.7 Å². The van der Waals surface area contributed by atoms with Crippen molar-refractivity contribution in [3.05, 3.63) is 34.9 Å². The topological polar surface area (TPSA) is 23.6 Å². The van der Waals surface area contributed by atoms with Gasteiger partial charge in [0.2, 0.25) is 5.91 Å². The van der Waals surface area contributed by atoms with Gasteiger partial charge in [0.05, 0.1) is 11.5 Å². The van der Waals surface area contributed by atoms with Crippen molar-refractivity contribution in [2.24, 2.45) is 11.3 Å². The number of hydrogen-bond donors (Lipinski definition) is 0. The maximum absolute atomic E-state index is 12.9. The van der Waals surface area contributed by atoms with Gasteiger partial charge in [-0.25, -0.2) is 0 Å². The van der Waals surface area contributed by atoms with Crippen LogP contribution >= 0.6 is 11.6 Å². The molecule has 5 heteroatoms. The number of nitrogens with zero attached hydrogens (tertiary/aromatic N) is 2. The summed E-state index contributed by atoms with van der Waals surface area (Å²) in [5.41, 5.74) is 1.05. The van der Waals surface area contributed by atoms with Crippen molar-refractivity contribution in [1.29, 1.82) is 0 Å². The van der Waals surface area contributed by atoms with Crippen LogP contribution in [0, 0.1) is 11.3 Å². The maximum Gasteiger partial charge on any atom is 0.231 e. The van der Waals surface area contributed by atoms with E-state index in [0.717, 1.165) is 37.5 Å². The molecular formula is C17H24BClN2O. The minimum atomic E-state index is -0.185. The van der Waals surface area contributed by atoms with Crippen LogP contribution < -0.4 is 0 Å². The third kappa shape index (κ3) is 2.57. The van der Waals surface area contributed by atoms with Crippen LogP contribution in [0.25, 0.3) is 0 Å². The van der Waals surface area contributed by atoms with Crippen molar-refractivity contribution < 1.29 is 4.79 Å². The standard InChI is InChI=1S/C17H24BClN2O/c1-12(2)11-21-15(13-3-5-14(19)6-4-13)17(16(21)22)7-9-20(18)10-8-17/h3-6,12,15H,7-11,18H2,1-2H3. The lowest BCUT2D eigenvalue weighted by atomic mass is 9.62. The van der Waals surface area contributed by atoms with Gasteiger partial charge in [0, 0.05) is 11.6 Å². The number of benzene rings is 1. The highest BCUT2D eigenvalue weighted by Crippen LogP contribution is 2.56. The predicted molar refractivity (Wildman–Crippen MR) is 92.5 cm³/mol. The fourth-order valence-electron chi connectivity index (χ4n) is 3.98. The Hall–Kier alpha value is -0.995. The Bertz CT molecular complexity index is 552. The Kier molecular flexibility index (Phi) is 4.26. The van der Waals surface area contributed by atoms with E-state index in [0.29, 0.717) is 11.8 Å². The third-order valence-corrected chi connectivity index (χ3v) is 5.40. The lowest BCUT2D eigenvalue weighted by molar-refractivity contribution is -0.180. The van der Waals surface area contributed by atoms with E-state index in [-0.39, 0.29) is 11.5 Å². The SMILES string of the molecule is BN1CCC2(CC1)C(=O)N(CC(C)C)C2c1ccc(Cl)cc1. The van der Waals surface area contributed by atoms with Crippen LogP contribution in [0.4, 0.5) is 0 Å². The van der Waals surface area contributed by atoms with E-state index in [1.165, 1.54) is 5.56 Å². The molecule has 22 heavy (non-hydrogen) atoms. The number of β-lactam (4-membered cyclic amide) rings is 1. The maximum atomic E-state index is 12.9. The van der Waals surface area contributed by atoms with Gasteiger partial charge in [0.25, 0.3) is 0 Å². The summed E-state index contributed by atoms with van der Waals surface area (Å²) in [4.78, 5) is 17.3. The van der Waals surface area contributed by atoms with E-state index < -0.39 is 0 Å². The molecule has 3 nitrogen and oxygen atoms in total. The average Bonchev–Trinajstić information content (AvgIpc) is 2.49. The number of carbonyl (C=O) groups excluding carboxylic acids is 1. The summed E-state index contributed by atoms with van der Waals surface area (Å²) < 4.78 is 0. The molecule has 0 radical (unpaired) electrons. The molecule has 2 aliphatic heterocycles. The molecule has 0 aliphatic carbocycles. The second kappa shape index (κ2) is 5.90. The monoisotopic (exact) mass is 318 g/mol. The summed E-state index contributed by atoms with van der Waals surface area (Å²) in [6.07, 6.45) is 1.93. The zero-order valence-electron chi connectivity index (χ0n) is 13.7. The van der Waals surface area contributed by atoms with Crippen molar-refractivity contribution in [3.63, 3.8) is 0 Å². The van der Waals surface area contributed by atoms with E-state index in [2.05, 4.69) is 43.7 Å². The van der Waals surface area contributed by atoms with Gasteiger partial charge in [-0.05, 0) is 49.5 Å². The first-order valence-corrected chi connectivity index (χ1v) is 8.57. The Morgan fingerprint density at radius 3 is 2.41 bits per heavy atom. The van der Waals surface area contributed by atoms with Crippen LogP contribution in [0.2, 0.25) is 5.02 Å². The molecule has 3 rings (SSSR count). The summed E-state index contributed by atoms with van der Waals surface area (Å²) in [6.45, 7) is 7.19. The van der Waals surface area contributed by atoms with Crippen LogP contribution in [0.15, 0.2) is 24.3 Å². The normalized spacial score (nSPS) is 24.8. The summed E-state index contributed by atoms with van der Waals surface area (Å²) in [5.74, 6) is 0.844. The summed E-state index contributed by atoms with van der Waals surface area (Å²) >= 11 is 6.04. The highest BCUT2D eigenvalue weighted by atomic mass is 35.5. The first kappa shape index (κ1) is 15.9. The summed E-state index contributed by atoms with van der Waals surface area (Å²) in [6, 6.07) is 8.28. The summed E-state index contributed by atoms with van der Waals surface area (Å²) in [5, 5.41) is 0.752. The minimum Gasteiger partial charge on any atom is -0.349 e. The Labute approximate surface area is 139 Å². The zero-order chi connectivity index (χ0) is 15.9. The van der Waals surface area contributed by atoms with Gasteiger partial charge in [0.1, 0.15) is 0 Å². The quantitative estimate of drug-likeness (QED) is 0.631. The number of halogens is 1. The van der Waals surface area contributed by atoms with Gasteiger partial charge in [-0.15, -0.1) is 0 Å². The molecule has 1 spiro atoms.